The van der Waals surface area contributed by atoms with E-state index in [4.69, 9.17) is 4.74 Å². The third-order valence-electron chi connectivity index (χ3n) is 4.83. The quantitative estimate of drug-likeness (QED) is 0.368. The maximum Gasteiger partial charge on any atom is 0.119 e. The maximum atomic E-state index is 5.74. The predicted molar refractivity (Wildman–Crippen MR) is 130 cm³/mol. The molecule has 0 radical (unpaired) electrons. The first-order valence-corrected chi connectivity index (χ1v) is 12.9. The van der Waals surface area contributed by atoms with E-state index >= 15 is 0 Å². The smallest absolute Gasteiger partial charge is 0.119 e. The number of likely N-dealkylation sites (tertiary alicyclic amines) is 1. The van der Waals surface area contributed by atoms with Gasteiger partial charge in [-0.15, -0.1) is 11.3 Å². The van der Waals surface area contributed by atoms with Crippen molar-refractivity contribution in [1.29, 1.82) is 0 Å². The van der Waals surface area contributed by atoms with Gasteiger partial charge in [0.25, 0.3) is 0 Å². The number of hydrogen-bond acceptors (Lipinski definition) is 6. The van der Waals surface area contributed by atoms with Crippen LogP contribution in [0.5, 0.6) is 5.75 Å². The molecule has 1 fully saturated rings. The lowest BCUT2D eigenvalue weighted by atomic mass is 10.2. The molecule has 1 unspecified atom stereocenters. The van der Waals surface area contributed by atoms with Crippen LogP contribution in [-0.4, -0.2) is 30.1 Å². The van der Waals surface area contributed by atoms with E-state index in [1.54, 1.807) is 11.9 Å². The van der Waals surface area contributed by atoms with Crippen molar-refractivity contribution in [2.75, 3.05) is 13.1 Å². The zero-order valence-corrected chi connectivity index (χ0v) is 19.9. The van der Waals surface area contributed by atoms with E-state index in [9.17, 15) is 0 Å². The average molecular weight is 457 g/mol. The number of hydrogen-bond donors (Lipinski definition) is 1. The van der Waals surface area contributed by atoms with Crippen LogP contribution >= 0.6 is 35.0 Å². The molecule has 6 heteroatoms. The Kier molecular flexibility index (Phi) is 7.79. The summed E-state index contributed by atoms with van der Waals surface area (Å²) in [6.07, 6.45) is 1.41. The number of rotatable bonds is 9. The molecule has 158 valence electrons. The monoisotopic (exact) mass is 456 g/mol. The molecule has 30 heavy (non-hydrogen) atoms. The molecule has 2 heterocycles. The van der Waals surface area contributed by atoms with Gasteiger partial charge in [0.2, 0.25) is 0 Å². The lowest BCUT2D eigenvalue weighted by molar-refractivity contribution is 0.242. The van der Waals surface area contributed by atoms with Crippen LogP contribution in [0, 0.1) is 0 Å². The molecule has 1 N–H and O–H groups in total. The number of nitrogens with zero attached hydrogens (tertiary/aromatic N) is 1. The zero-order valence-electron chi connectivity index (χ0n) is 17.4. The van der Waals surface area contributed by atoms with E-state index in [1.807, 2.05) is 23.1 Å². The summed E-state index contributed by atoms with van der Waals surface area (Å²) >= 11 is 5.42. The van der Waals surface area contributed by atoms with Gasteiger partial charge in [-0.3, -0.25) is 9.62 Å². The molecule has 0 amide bonds. The number of ether oxygens (including phenoxy) is 1. The van der Waals surface area contributed by atoms with Gasteiger partial charge < -0.3 is 4.74 Å². The van der Waals surface area contributed by atoms with Crippen molar-refractivity contribution in [3.05, 3.63) is 71.6 Å². The summed E-state index contributed by atoms with van der Waals surface area (Å²) < 4.78 is 10.7. The number of thiophene rings is 1. The summed E-state index contributed by atoms with van der Waals surface area (Å²) in [6, 6.07) is 21.9. The lowest BCUT2D eigenvalue weighted by Gasteiger charge is -2.17. The molecule has 0 spiro atoms. The first-order chi connectivity index (χ1) is 14.6. The second-order valence-corrected chi connectivity index (χ2v) is 11.0. The van der Waals surface area contributed by atoms with Crippen molar-refractivity contribution in [3.8, 4) is 5.75 Å². The summed E-state index contributed by atoms with van der Waals surface area (Å²) in [7, 11) is 0. The van der Waals surface area contributed by atoms with Crippen molar-refractivity contribution in [2.45, 2.75) is 53.0 Å². The van der Waals surface area contributed by atoms with Crippen LogP contribution in [0.4, 0.5) is 0 Å². The molecule has 1 aromatic heterocycles. The van der Waals surface area contributed by atoms with Crippen LogP contribution in [0.2, 0.25) is 0 Å². The fourth-order valence-electron chi connectivity index (χ4n) is 3.45. The zero-order chi connectivity index (χ0) is 20.8. The van der Waals surface area contributed by atoms with Crippen LogP contribution in [0.1, 0.15) is 25.8 Å². The molecule has 2 aromatic carbocycles. The normalized spacial score (nSPS) is 17.0. The Morgan fingerprint density at radius 1 is 1.10 bits per heavy atom. The van der Waals surface area contributed by atoms with Crippen molar-refractivity contribution < 1.29 is 4.74 Å². The Labute approximate surface area is 192 Å². The summed E-state index contributed by atoms with van der Waals surface area (Å²) in [6.45, 7) is 7.35. The Balaban J connectivity index is 1.21. The highest BCUT2D eigenvalue weighted by molar-refractivity contribution is 8.00. The minimum atomic E-state index is 0.218. The largest absolute Gasteiger partial charge is 0.491 e. The van der Waals surface area contributed by atoms with Gasteiger partial charge in [-0.25, -0.2) is 0 Å². The van der Waals surface area contributed by atoms with E-state index < -0.39 is 0 Å². The predicted octanol–water partition coefficient (Wildman–Crippen LogP) is 6.56. The number of nitrogens with one attached hydrogen (secondary N) is 1. The molecule has 1 atom stereocenters. The van der Waals surface area contributed by atoms with Crippen LogP contribution in [0.15, 0.2) is 80.0 Å². The van der Waals surface area contributed by atoms with Gasteiger partial charge in [0.15, 0.2) is 0 Å². The SMILES string of the molecule is CC(C)Oc1ccc(CN2CCC(NSc3cc(Sc4ccccc4)cs3)C2)cc1. The van der Waals surface area contributed by atoms with Crippen LogP contribution in [0.25, 0.3) is 0 Å². The topological polar surface area (TPSA) is 24.5 Å². The van der Waals surface area contributed by atoms with Gasteiger partial charge in [-0.05, 0) is 68.1 Å². The molecule has 0 bridgehead atoms. The van der Waals surface area contributed by atoms with E-state index in [2.05, 4.69) is 89.5 Å². The highest BCUT2D eigenvalue weighted by Crippen LogP contribution is 2.34. The van der Waals surface area contributed by atoms with Gasteiger partial charge >= 0.3 is 0 Å². The minimum absolute atomic E-state index is 0.218. The molecule has 1 saturated heterocycles. The van der Waals surface area contributed by atoms with Crippen molar-refractivity contribution in [2.24, 2.45) is 0 Å². The van der Waals surface area contributed by atoms with E-state index in [1.165, 1.54) is 26.0 Å². The van der Waals surface area contributed by atoms with Crippen molar-refractivity contribution in [1.82, 2.24) is 9.62 Å². The molecule has 0 aliphatic carbocycles. The van der Waals surface area contributed by atoms with Crippen molar-refractivity contribution >= 4 is 35.0 Å². The van der Waals surface area contributed by atoms with E-state index in [0.717, 1.165) is 25.4 Å². The van der Waals surface area contributed by atoms with Gasteiger partial charge in [0.05, 0.1) is 10.3 Å². The second-order valence-electron chi connectivity index (χ2n) is 7.77. The standard InChI is InChI=1S/C24H28N2OS3/c1-18(2)27-21-10-8-19(9-11-21)15-26-13-12-20(16-26)25-30-24-14-23(17-28-24)29-22-6-4-3-5-7-22/h3-11,14,17-18,20,25H,12-13,15-16H2,1-2H3. The Bertz CT molecular complexity index is 912. The molecule has 3 nitrogen and oxygen atoms in total. The van der Waals surface area contributed by atoms with E-state index in [0.29, 0.717) is 6.04 Å². The highest BCUT2D eigenvalue weighted by Gasteiger charge is 2.22. The van der Waals surface area contributed by atoms with Gasteiger partial charge in [0, 0.05) is 40.8 Å². The van der Waals surface area contributed by atoms with Gasteiger partial charge in [0.1, 0.15) is 5.75 Å². The van der Waals surface area contributed by atoms with Gasteiger partial charge in [-0.2, -0.15) is 0 Å². The fourth-order valence-corrected chi connectivity index (χ4v) is 6.32. The molecule has 4 rings (SSSR count). The Morgan fingerprint density at radius 3 is 2.67 bits per heavy atom. The van der Waals surface area contributed by atoms with Crippen LogP contribution < -0.4 is 9.46 Å². The molecule has 1 aliphatic heterocycles. The van der Waals surface area contributed by atoms with E-state index in [-0.39, 0.29) is 6.10 Å². The minimum Gasteiger partial charge on any atom is -0.491 e. The summed E-state index contributed by atoms with van der Waals surface area (Å²) in [5, 5.41) is 2.25. The molecular weight excluding hydrogens is 428 g/mol. The Morgan fingerprint density at radius 2 is 1.90 bits per heavy atom. The number of benzene rings is 2. The summed E-state index contributed by atoms with van der Waals surface area (Å²) in [5.41, 5.74) is 1.35. The lowest BCUT2D eigenvalue weighted by Crippen LogP contribution is -2.27. The first-order valence-electron chi connectivity index (χ1n) is 10.4. The third kappa shape index (κ3) is 6.53. The molecule has 0 saturated carbocycles. The maximum absolute atomic E-state index is 5.74. The molecule has 3 aromatic rings. The molecular formula is C24H28N2OS3. The van der Waals surface area contributed by atoms with Crippen molar-refractivity contribution in [3.63, 3.8) is 0 Å². The van der Waals surface area contributed by atoms with Crippen LogP contribution in [-0.2, 0) is 6.54 Å². The summed E-state index contributed by atoms with van der Waals surface area (Å²) in [5.74, 6) is 0.951. The summed E-state index contributed by atoms with van der Waals surface area (Å²) in [4.78, 5) is 5.13. The highest BCUT2D eigenvalue weighted by atomic mass is 32.2. The molecule has 1 aliphatic rings. The fraction of sp³-hybridized carbons (Fsp3) is 0.333. The van der Waals surface area contributed by atoms with Gasteiger partial charge in [-0.1, -0.05) is 42.1 Å². The average Bonchev–Trinajstić information content (AvgIpc) is 3.37. The Hall–Kier alpha value is -1.44. The van der Waals surface area contributed by atoms with Crippen LogP contribution in [0.3, 0.4) is 0 Å². The third-order valence-corrected chi connectivity index (χ3v) is 7.99. The second kappa shape index (κ2) is 10.7. The first kappa shape index (κ1) is 21.8.